The Balaban J connectivity index is 2.75. The zero-order valence-corrected chi connectivity index (χ0v) is 9.53. The van der Waals surface area contributed by atoms with Crippen LogP contribution in [0, 0.1) is 0 Å². The number of carbonyl (C=O) groups is 1. The van der Waals surface area contributed by atoms with Gasteiger partial charge in [-0.25, -0.2) is 0 Å². The van der Waals surface area contributed by atoms with Crippen molar-refractivity contribution in [3.8, 4) is 0 Å². The average molecular weight is 292 g/mol. The molecule has 2 nitrogen and oxygen atoms in total. The maximum atomic E-state index is 12.7. The van der Waals surface area contributed by atoms with Gasteiger partial charge >= 0.3 is 11.8 Å². The van der Waals surface area contributed by atoms with Crippen LogP contribution in [0.3, 0.4) is 0 Å². The molecule has 1 heterocycles. The van der Waals surface area contributed by atoms with Gasteiger partial charge in [0.05, 0.1) is 17.9 Å². The van der Waals surface area contributed by atoms with Gasteiger partial charge in [-0.05, 0) is 6.42 Å². The molecule has 0 radical (unpaired) electrons. The maximum Gasteiger partial charge on any atom is 0.329 e. The number of hydrogen-bond donors (Lipinski definition) is 0. The minimum Gasteiger partial charge on any atom is -0.329 e. The molecular weight excluding hydrogens is 282 g/mol. The lowest BCUT2D eigenvalue weighted by Crippen LogP contribution is -2.38. The SMILES string of the molecule is CCC(Br)C(=O)N1CC(F)(F)C(F)(F)C1. The van der Waals surface area contributed by atoms with E-state index in [4.69, 9.17) is 0 Å². The van der Waals surface area contributed by atoms with Gasteiger partial charge in [0.25, 0.3) is 0 Å². The van der Waals surface area contributed by atoms with E-state index in [1.165, 1.54) is 0 Å². The summed E-state index contributed by atoms with van der Waals surface area (Å²) in [5.41, 5.74) is 0. The van der Waals surface area contributed by atoms with Gasteiger partial charge in [0.1, 0.15) is 0 Å². The first-order chi connectivity index (χ1) is 6.71. The van der Waals surface area contributed by atoms with Crippen LogP contribution in [-0.2, 0) is 4.79 Å². The second-order valence-corrected chi connectivity index (χ2v) is 4.58. The standard InChI is InChI=1S/C8H10BrF4NO/c1-2-5(9)6(15)14-3-7(10,11)8(12,13)4-14/h5H,2-4H2,1H3. The van der Waals surface area contributed by atoms with Crippen molar-refractivity contribution in [1.82, 2.24) is 4.90 Å². The lowest BCUT2D eigenvalue weighted by Gasteiger charge is -2.17. The molecule has 1 amide bonds. The first-order valence-corrected chi connectivity index (χ1v) is 5.31. The average Bonchev–Trinajstić information content (AvgIpc) is 2.33. The summed E-state index contributed by atoms with van der Waals surface area (Å²) in [5, 5.41) is 0. The molecule has 1 fully saturated rings. The number of likely N-dealkylation sites (tertiary alicyclic amines) is 1. The summed E-state index contributed by atoms with van der Waals surface area (Å²) >= 11 is 2.95. The van der Waals surface area contributed by atoms with E-state index >= 15 is 0 Å². The first-order valence-electron chi connectivity index (χ1n) is 4.40. The summed E-state index contributed by atoms with van der Waals surface area (Å²) in [7, 11) is 0. The van der Waals surface area contributed by atoms with Gasteiger partial charge in [0, 0.05) is 0 Å². The summed E-state index contributed by atoms with van der Waals surface area (Å²) in [6.07, 6.45) is 0.368. The van der Waals surface area contributed by atoms with E-state index in [1.54, 1.807) is 6.92 Å². The predicted octanol–water partition coefficient (Wildman–Crippen LogP) is 2.27. The Hall–Kier alpha value is -0.330. The Labute approximate surface area is 92.7 Å². The zero-order chi connectivity index (χ0) is 11.9. The van der Waals surface area contributed by atoms with Gasteiger partial charge in [-0.1, -0.05) is 22.9 Å². The third-order valence-corrected chi connectivity index (χ3v) is 3.29. The van der Waals surface area contributed by atoms with Crippen LogP contribution < -0.4 is 0 Å². The molecule has 0 spiro atoms. The van der Waals surface area contributed by atoms with Crippen molar-refractivity contribution < 1.29 is 22.4 Å². The normalized spacial score (nSPS) is 25.3. The molecule has 1 aliphatic heterocycles. The number of carbonyl (C=O) groups excluding carboxylic acids is 1. The number of rotatable bonds is 2. The molecule has 1 aliphatic rings. The number of halogens is 5. The Morgan fingerprint density at radius 2 is 1.73 bits per heavy atom. The topological polar surface area (TPSA) is 20.3 Å². The van der Waals surface area contributed by atoms with Gasteiger partial charge in [0.2, 0.25) is 5.91 Å². The molecule has 1 rings (SSSR count). The molecule has 0 N–H and O–H groups in total. The number of alkyl halides is 5. The Bertz CT molecular complexity index is 255. The number of nitrogens with zero attached hydrogens (tertiary/aromatic N) is 1. The third-order valence-electron chi connectivity index (χ3n) is 2.25. The van der Waals surface area contributed by atoms with Gasteiger partial charge in [0.15, 0.2) is 0 Å². The van der Waals surface area contributed by atoms with Crippen LogP contribution in [0.5, 0.6) is 0 Å². The minimum atomic E-state index is -4.12. The molecule has 0 aromatic carbocycles. The van der Waals surface area contributed by atoms with Crippen molar-refractivity contribution in [3.63, 3.8) is 0 Å². The van der Waals surface area contributed by atoms with Crippen molar-refractivity contribution in [2.75, 3.05) is 13.1 Å². The van der Waals surface area contributed by atoms with E-state index in [0.717, 1.165) is 0 Å². The molecule has 1 unspecified atom stereocenters. The highest BCUT2D eigenvalue weighted by molar-refractivity contribution is 9.10. The highest BCUT2D eigenvalue weighted by Crippen LogP contribution is 2.41. The molecule has 0 aromatic rings. The second-order valence-electron chi connectivity index (χ2n) is 3.48. The van der Waals surface area contributed by atoms with E-state index in [-0.39, 0.29) is 0 Å². The Kier molecular flexibility index (Phi) is 3.33. The maximum absolute atomic E-state index is 12.7. The number of amides is 1. The molecule has 0 bridgehead atoms. The fraction of sp³-hybridized carbons (Fsp3) is 0.875. The molecule has 0 saturated carbocycles. The molecule has 1 saturated heterocycles. The lowest BCUT2D eigenvalue weighted by atomic mass is 10.2. The van der Waals surface area contributed by atoms with Crippen molar-refractivity contribution in [2.24, 2.45) is 0 Å². The molecule has 15 heavy (non-hydrogen) atoms. The van der Waals surface area contributed by atoms with E-state index in [1.807, 2.05) is 0 Å². The zero-order valence-electron chi connectivity index (χ0n) is 7.94. The summed E-state index contributed by atoms with van der Waals surface area (Å²) in [4.78, 5) is 11.2. The first kappa shape index (κ1) is 12.7. The summed E-state index contributed by atoms with van der Waals surface area (Å²) < 4.78 is 51.0. The van der Waals surface area contributed by atoms with Crippen molar-refractivity contribution in [3.05, 3.63) is 0 Å². The van der Waals surface area contributed by atoms with Crippen LogP contribution in [0.25, 0.3) is 0 Å². The highest BCUT2D eigenvalue weighted by atomic mass is 79.9. The number of hydrogen-bond acceptors (Lipinski definition) is 1. The molecule has 1 atom stereocenters. The van der Waals surface area contributed by atoms with Crippen molar-refractivity contribution in [1.29, 1.82) is 0 Å². The van der Waals surface area contributed by atoms with Gasteiger partial charge in [-0.15, -0.1) is 0 Å². The van der Waals surface area contributed by atoms with Crippen LogP contribution in [0.4, 0.5) is 17.6 Å². The third kappa shape index (κ3) is 2.26. The highest BCUT2D eigenvalue weighted by Gasteiger charge is 2.64. The van der Waals surface area contributed by atoms with Crippen LogP contribution in [0.1, 0.15) is 13.3 Å². The van der Waals surface area contributed by atoms with E-state index < -0.39 is 35.7 Å². The molecular formula is C8H10BrF4NO. The predicted molar refractivity (Wildman–Crippen MR) is 49.5 cm³/mol. The van der Waals surface area contributed by atoms with E-state index in [2.05, 4.69) is 15.9 Å². The van der Waals surface area contributed by atoms with Crippen LogP contribution in [0.15, 0.2) is 0 Å². The smallest absolute Gasteiger partial charge is 0.329 e. The van der Waals surface area contributed by atoms with Crippen LogP contribution in [-0.4, -0.2) is 40.6 Å². The van der Waals surface area contributed by atoms with Gasteiger partial charge in [-0.2, -0.15) is 17.6 Å². The molecule has 0 aliphatic carbocycles. The van der Waals surface area contributed by atoms with E-state index in [9.17, 15) is 22.4 Å². The van der Waals surface area contributed by atoms with Crippen LogP contribution >= 0.6 is 15.9 Å². The van der Waals surface area contributed by atoms with Crippen LogP contribution in [0.2, 0.25) is 0 Å². The summed E-state index contributed by atoms with van der Waals surface area (Å²) in [6, 6.07) is 0. The summed E-state index contributed by atoms with van der Waals surface area (Å²) in [6.45, 7) is -0.758. The molecule has 0 aromatic heterocycles. The van der Waals surface area contributed by atoms with Crippen molar-refractivity contribution in [2.45, 2.75) is 30.0 Å². The fourth-order valence-electron chi connectivity index (χ4n) is 1.30. The molecule has 88 valence electrons. The molecule has 7 heteroatoms. The van der Waals surface area contributed by atoms with Gasteiger partial charge in [-0.3, -0.25) is 4.79 Å². The fourth-order valence-corrected chi connectivity index (χ4v) is 1.58. The van der Waals surface area contributed by atoms with E-state index in [0.29, 0.717) is 11.3 Å². The van der Waals surface area contributed by atoms with Gasteiger partial charge < -0.3 is 4.90 Å². The monoisotopic (exact) mass is 291 g/mol. The minimum absolute atomic E-state index is 0.368. The van der Waals surface area contributed by atoms with Crippen molar-refractivity contribution >= 4 is 21.8 Å². The Morgan fingerprint density at radius 1 is 1.33 bits per heavy atom. The second kappa shape index (κ2) is 3.92. The quantitative estimate of drug-likeness (QED) is 0.565. The largest absolute Gasteiger partial charge is 0.329 e. The Morgan fingerprint density at radius 3 is 2.07 bits per heavy atom. The summed E-state index contributed by atoms with van der Waals surface area (Å²) in [5.74, 6) is -8.96. The lowest BCUT2D eigenvalue weighted by molar-refractivity contribution is -0.172.